The van der Waals surface area contributed by atoms with Gasteiger partial charge in [-0.1, -0.05) is 20.3 Å². The Morgan fingerprint density at radius 3 is 2.41 bits per heavy atom. The predicted octanol–water partition coefficient (Wildman–Crippen LogP) is 3.26. The molecule has 0 amide bonds. The van der Waals surface area contributed by atoms with Crippen molar-refractivity contribution in [1.29, 1.82) is 0 Å². The molecular weight excluding hydrogens is 210 g/mol. The summed E-state index contributed by atoms with van der Waals surface area (Å²) in [6.45, 7) is 11.0. The molecule has 0 aliphatic heterocycles. The van der Waals surface area contributed by atoms with Crippen molar-refractivity contribution < 1.29 is 0 Å². The van der Waals surface area contributed by atoms with E-state index in [-0.39, 0.29) is 6.04 Å². The van der Waals surface area contributed by atoms with Gasteiger partial charge in [-0.05, 0) is 33.1 Å². The zero-order valence-corrected chi connectivity index (χ0v) is 11.7. The van der Waals surface area contributed by atoms with Crippen LogP contribution < -0.4 is 5.32 Å². The van der Waals surface area contributed by atoms with Crippen LogP contribution in [0.15, 0.2) is 12.4 Å². The Bertz CT molecular complexity index is 338. The van der Waals surface area contributed by atoms with Crippen molar-refractivity contribution in [2.75, 3.05) is 0 Å². The molecule has 0 saturated heterocycles. The number of rotatable bonds is 6. The Morgan fingerprint density at radius 1 is 1.18 bits per heavy atom. The van der Waals surface area contributed by atoms with Gasteiger partial charge in [-0.3, -0.25) is 9.97 Å². The molecule has 0 bridgehead atoms. The van der Waals surface area contributed by atoms with E-state index in [9.17, 15) is 0 Å². The SMILES string of the molecule is CCC(C)CC(C)NC(C)c1nccnc1C. The average Bonchev–Trinajstić information content (AvgIpc) is 2.29. The molecule has 0 saturated carbocycles. The van der Waals surface area contributed by atoms with Gasteiger partial charge < -0.3 is 5.32 Å². The number of hydrogen-bond acceptors (Lipinski definition) is 3. The van der Waals surface area contributed by atoms with Crippen LogP contribution in [-0.2, 0) is 0 Å². The maximum absolute atomic E-state index is 4.41. The molecule has 1 aromatic rings. The van der Waals surface area contributed by atoms with E-state index < -0.39 is 0 Å². The summed E-state index contributed by atoms with van der Waals surface area (Å²) >= 11 is 0. The van der Waals surface area contributed by atoms with E-state index in [0.29, 0.717) is 6.04 Å². The molecule has 1 heterocycles. The summed E-state index contributed by atoms with van der Waals surface area (Å²) in [4.78, 5) is 8.69. The molecule has 0 aromatic carbocycles. The first-order chi connectivity index (χ1) is 8.04. The molecule has 3 unspecified atom stereocenters. The molecule has 0 fully saturated rings. The largest absolute Gasteiger partial charge is 0.306 e. The lowest BCUT2D eigenvalue weighted by Gasteiger charge is -2.22. The lowest BCUT2D eigenvalue weighted by atomic mass is 9.99. The van der Waals surface area contributed by atoms with Gasteiger partial charge in [0.2, 0.25) is 0 Å². The van der Waals surface area contributed by atoms with E-state index in [1.165, 1.54) is 12.8 Å². The third kappa shape index (κ3) is 4.43. The second-order valence-electron chi connectivity index (χ2n) is 5.07. The van der Waals surface area contributed by atoms with Crippen LogP contribution in [0.2, 0.25) is 0 Å². The molecule has 3 nitrogen and oxygen atoms in total. The van der Waals surface area contributed by atoms with E-state index in [2.05, 4.69) is 43.0 Å². The normalized spacial score (nSPS) is 16.5. The van der Waals surface area contributed by atoms with E-state index in [0.717, 1.165) is 17.3 Å². The van der Waals surface area contributed by atoms with Crippen molar-refractivity contribution in [1.82, 2.24) is 15.3 Å². The fourth-order valence-corrected chi connectivity index (χ4v) is 2.19. The van der Waals surface area contributed by atoms with Gasteiger partial charge in [0, 0.05) is 24.5 Å². The number of aryl methyl sites for hydroxylation is 1. The lowest BCUT2D eigenvalue weighted by Crippen LogP contribution is -2.31. The summed E-state index contributed by atoms with van der Waals surface area (Å²) in [7, 11) is 0. The lowest BCUT2D eigenvalue weighted by molar-refractivity contribution is 0.381. The number of nitrogens with one attached hydrogen (secondary N) is 1. The van der Waals surface area contributed by atoms with Crippen LogP contribution in [0.5, 0.6) is 0 Å². The van der Waals surface area contributed by atoms with Crippen molar-refractivity contribution >= 4 is 0 Å². The molecule has 1 aromatic heterocycles. The van der Waals surface area contributed by atoms with Crippen LogP contribution in [0.4, 0.5) is 0 Å². The summed E-state index contributed by atoms with van der Waals surface area (Å²) in [6, 6.07) is 0.782. The highest BCUT2D eigenvalue weighted by atomic mass is 15.0. The van der Waals surface area contributed by atoms with Crippen LogP contribution in [-0.4, -0.2) is 16.0 Å². The first kappa shape index (κ1) is 14.1. The van der Waals surface area contributed by atoms with E-state index in [4.69, 9.17) is 0 Å². The Morgan fingerprint density at radius 2 is 1.82 bits per heavy atom. The van der Waals surface area contributed by atoms with Crippen molar-refractivity contribution in [2.45, 2.75) is 59.5 Å². The topological polar surface area (TPSA) is 37.8 Å². The smallest absolute Gasteiger partial charge is 0.0782 e. The highest BCUT2D eigenvalue weighted by molar-refractivity contribution is 5.12. The monoisotopic (exact) mass is 235 g/mol. The zero-order chi connectivity index (χ0) is 12.8. The maximum atomic E-state index is 4.41. The number of nitrogens with zero attached hydrogens (tertiary/aromatic N) is 2. The minimum Gasteiger partial charge on any atom is -0.306 e. The molecular formula is C14H25N3. The Labute approximate surface area is 105 Å². The number of aromatic nitrogens is 2. The maximum Gasteiger partial charge on any atom is 0.0782 e. The zero-order valence-electron chi connectivity index (χ0n) is 11.7. The Kier molecular flexibility index (Phi) is 5.56. The van der Waals surface area contributed by atoms with Crippen molar-refractivity contribution in [3.63, 3.8) is 0 Å². The van der Waals surface area contributed by atoms with Gasteiger partial charge >= 0.3 is 0 Å². The minimum atomic E-state index is 0.266. The summed E-state index contributed by atoms with van der Waals surface area (Å²) in [6.07, 6.45) is 5.96. The van der Waals surface area contributed by atoms with Gasteiger partial charge in [-0.15, -0.1) is 0 Å². The molecule has 3 atom stereocenters. The standard InChI is InChI=1S/C14H25N3/c1-6-10(2)9-11(3)17-13(5)14-12(4)15-7-8-16-14/h7-8,10-11,13,17H,6,9H2,1-5H3. The molecule has 1 N–H and O–H groups in total. The average molecular weight is 235 g/mol. The molecule has 3 heteroatoms. The van der Waals surface area contributed by atoms with Gasteiger partial charge in [-0.2, -0.15) is 0 Å². The van der Waals surface area contributed by atoms with E-state index >= 15 is 0 Å². The number of hydrogen-bond donors (Lipinski definition) is 1. The highest BCUT2D eigenvalue weighted by Crippen LogP contribution is 2.16. The second-order valence-corrected chi connectivity index (χ2v) is 5.07. The van der Waals surface area contributed by atoms with Crippen LogP contribution >= 0.6 is 0 Å². The van der Waals surface area contributed by atoms with Crippen LogP contribution in [0.1, 0.15) is 58.0 Å². The molecule has 0 spiro atoms. The van der Waals surface area contributed by atoms with Crippen LogP contribution in [0.3, 0.4) is 0 Å². The van der Waals surface area contributed by atoms with Crippen molar-refractivity contribution in [3.8, 4) is 0 Å². The molecule has 96 valence electrons. The van der Waals surface area contributed by atoms with Gasteiger partial charge in [0.05, 0.1) is 11.4 Å². The van der Waals surface area contributed by atoms with Gasteiger partial charge in [0.25, 0.3) is 0 Å². The molecule has 1 rings (SSSR count). The Balaban J connectivity index is 2.54. The summed E-state index contributed by atoms with van der Waals surface area (Å²) in [5, 5.41) is 3.60. The molecule has 0 radical (unpaired) electrons. The quantitative estimate of drug-likeness (QED) is 0.822. The van der Waals surface area contributed by atoms with Gasteiger partial charge in [0.1, 0.15) is 0 Å². The van der Waals surface area contributed by atoms with E-state index in [1.807, 2.05) is 6.92 Å². The fraction of sp³-hybridized carbons (Fsp3) is 0.714. The van der Waals surface area contributed by atoms with Crippen LogP contribution in [0, 0.1) is 12.8 Å². The predicted molar refractivity (Wildman–Crippen MR) is 71.9 cm³/mol. The Hall–Kier alpha value is -0.960. The minimum absolute atomic E-state index is 0.266. The third-order valence-corrected chi connectivity index (χ3v) is 3.32. The fourth-order valence-electron chi connectivity index (χ4n) is 2.19. The first-order valence-corrected chi connectivity index (χ1v) is 6.58. The van der Waals surface area contributed by atoms with Crippen LogP contribution in [0.25, 0.3) is 0 Å². The molecule has 17 heavy (non-hydrogen) atoms. The summed E-state index contributed by atoms with van der Waals surface area (Å²) in [5.74, 6) is 0.771. The second kappa shape index (κ2) is 6.70. The van der Waals surface area contributed by atoms with Crippen molar-refractivity contribution in [3.05, 3.63) is 23.8 Å². The summed E-state index contributed by atoms with van der Waals surface area (Å²) in [5.41, 5.74) is 2.08. The highest BCUT2D eigenvalue weighted by Gasteiger charge is 2.14. The van der Waals surface area contributed by atoms with Gasteiger partial charge in [-0.25, -0.2) is 0 Å². The first-order valence-electron chi connectivity index (χ1n) is 6.58. The van der Waals surface area contributed by atoms with E-state index in [1.54, 1.807) is 12.4 Å². The molecule has 0 aliphatic carbocycles. The molecule has 0 aliphatic rings. The summed E-state index contributed by atoms with van der Waals surface area (Å²) < 4.78 is 0. The van der Waals surface area contributed by atoms with Crippen molar-refractivity contribution in [2.24, 2.45) is 5.92 Å². The third-order valence-electron chi connectivity index (χ3n) is 3.32. The van der Waals surface area contributed by atoms with Gasteiger partial charge in [0.15, 0.2) is 0 Å².